The Morgan fingerprint density at radius 3 is 2.16 bits per heavy atom. The predicted molar refractivity (Wildman–Crippen MR) is 151 cm³/mol. The van der Waals surface area contributed by atoms with Crippen molar-refractivity contribution in [1.82, 2.24) is 10.2 Å². The Kier molecular flexibility index (Phi) is 10.6. The molecule has 0 heterocycles. The van der Waals surface area contributed by atoms with Crippen molar-refractivity contribution in [2.75, 3.05) is 17.1 Å². The van der Waals surface area contributed by atoms with Gasteiger partial charge in [0.05, 0.1) is 11.9 Å². The van der Waals surface area contributed by atoms with Crippen molar-refractivity contribution >= 4 is 39.1 Å². The number of hydrogen-bond donors (Lipinski definition) is 1. The van der Waals surface area contributed by atoms with E-state index in [2.05, 4.69) is 5.32 Å². The van der Waals surface area contributed by atoms with Gasteiger partial charge in [0.15, 0.2) is 0 Å². The van der Waals surface area contributed by atoms with Crippen LogP contribution in [0, 0.1) is 13.8 Å². The Labute approximate surface area is 227 Å². The molecule has 0 radical (unpaired) electrons. The molecule has 2 amide bonds. The molecule has 0 saturated heterocycles. The van der Waals surface area contributed by atoms with Gasteiger partial charge in [-0.15, -0.1) is 0 Å². The molecular formula is C28H40ClN3O4S. The van der Waals surface area contributed by atoms with Gasteiger partial charge in [0.1, 0.15) is 6.04 Å². The van der Waals surface area contributed by atoms with Crippen LogP contribution in [0.3, 0.4) is 0 Å². The number of benzene rings is 2. The number of sulfonamides is 1. The van der Waals surface area contributed by atoms with Gasteiger partial charge < -0.3 is 10.2 Å². The molecule has 0 aliphatic heterocycles. The summed E-state index contributed by atoms with van der Waals surface area (Å²) in [5.41, 5.74) is 3.05. The van der Waals surface area contributed by atoms with Gasteiger partial charge in [0, 0.05) is 30.1 Å². The van der Waals surface area contributed by atoms with Crippen LogP contribution in [-0.2, 0) is 26.2 Å². The van der Waals surface area contributed by atoms with E-state index in [0.717, 1.165) is 16.7 Å². The van der Waals surface area contributed by atoms with Gasteiger partial charge in [-0.05, 0) is 88.4 Å². The maximum absolute atomic E-state index is 13.5. The molecule has 9 heteroatoms. The number of rotatable bonds is 11. The summed E-state index contributed by atoms with van der Waals surface area (Å²) >= 11 is 6.03. The molecule has 0 saturated carbocycles. The van der Waals surface area contributed by atoms with Gasteiger partial charge in [0.25, 0.3) is 0 Å². The van der Waals surface area contributed by atoms with Gasteiger partial charge in [-0.1, -0.05) is 36.7 Å². The summed E-state index contributed by atoms with van der Waals surface area (Å²) in [6.07, 6.45) is 2.02. The molecule has 1 N–H and O–H groups in total. The second kappa shape index (κ2) is 12.8. The molecule has 2 aromatic carbocycles. The highest BCUT2D eigenvalue weighted by atomic mass is 35.5. The minimum absolute atomic E-state index is 0.101. The molecule has 204 valence electrons. The molecule has 0 unspecified atom stereocenters. The molecular weight excluding hydrogens is 510 g/mol. The summed E-state index contributed by atoms with van der Waals surface area (Å²) in [5, 5.41) is 3.57. The standard InChI is InChI=1S/C28H40ClN3O4S/c1-8-25(27(34)30-28(4,5)6)31(19-22-12-14-23(29)15-13-22)26(33)10-9-17-32(37(7,35)36)24-16-11-20(2)21(3)18-24/h11-16,18,25H,8-10,17,19H2,1-7H3,(H,30,34)/t25-/m0/s1. The van der Waals surface area contributed by atoms with Crippen LogP contribution in [0.25, 0.3) is 0 Å². The molecule has 0 bridgehead atoms. The van der Waals surface area contributed by atoms with Crippen LogP contribution in [0.1, 0.15) is 63.6 Å². The molecule has 0 aliphatic rings. The van der Waals surface area contributed by atoms with E-state index in [4.69, 9.17) is 11.6 Å². The van der Waals surface area contributed by atoms with Crippen LogP contribution in [0.2, 0.25) is 5.02 Å². The topological polar surface area (TPSA) is 86.8 Å². The fourth-order valence-electron chi connectivity index (χ4n) is 4.04. The van der Waals surface area contributed by atoms with Gasteiger partial charge in [-0.25, -0.2) is 8.42 Å². The SMILES string of the molecule is CC[C@@H](C(=O)NC(C)(C)C)N(Cc1ccc(Cl)cc1)C(=O)CCCN(c1ccc(C)c(C)c1)S(C)(=O)=O. The van der Waals surface area contributed by atoms with Crippen LogP contribution in [0.15, 0.2) is 42.5 Å². The Morgan fingerprint density at radius 1 is 1.03 bits per heavy atom. The Balaban J connectivity index is 2.25. The molecule has 37 heavy (non-hydrogen) atoms. The Hall–Kier alpha value is -2.58. The van der Waals surface area contributed by atoms with Crippen molar-refractivity contribution in [3.8, 4) is 0 Å². The fourth-order valence-corrected chi connectivity index (χ4v) is 5.13. The van der Waals surface area contributed by atoms with E-state index in [1.807, 2.05) is 65.8 Å². The van der Waals surface area contributed by atoms with Crippen molar-refractivity contribution in [3.05, 3.63) is 64.2 Å². The molecule has 7 nitrogen and oxygen atoms in total. The zero-order valence-electron chi connectivity index (χ0n) is 23.0. The van der Waals surface area contributed by atoms with E-state index < -0.39 is 21.6 Å². The molecule has 1 atom stereocenters. The van der Waals surface area contributed by atoms with Crippen molar-refractivity contribution in [2.45, 2.75) is 78.9 Å². The third kappa shape index (κ3) is 9.34. The Morgan fingerprint density at radius 2 is 1.65 bits per heavy atom. The molecule has 0 spiro atoms. The zero-order valence-corrected chi connectivity index (χ0v) is 24.5. The van der Waals surface area contributed by atoms with E-state index in [9.17, 15) is 18.0 Å². The number of aryl methyl sites for hydroxylation is 2. The highest BCUT2D eigenvalue weighted by Gasteiger charge is 2.30. The second-order valence-electron chi connectivity index (χ2n) is 10.5. The maximum atomic E-state index is 13.5. The van der Waals surface area contributed by atoms with E-state index in [-0.39, 0.29) is 31.3 Å². The summed E-state index contributed by atoms with van der Waals surface area (Å²) in [5.74, 6) is -0.426. The highest BCUT2D eigenvalue weighted by Crippen LogP contribution is 2.23. The quantitative estimate of drug-likeness (QED) is 0.416. The summed E-state index contributed by atoms with van der Waals surface area (Å²) < 4.78 is 26.4. The minimum Gasteiger partial charge on any atom is -0.350 e. The first-order valence-corrected chi connectivity index (χ1v) is 14.8. The van der Waals surface area contributed by atoms with Crippen molar-refractivity contribution in [2.24, 2.45) is 0 Å². The molecule has 0 aliphatic carbocycles. The van der Waals surface area contributed by atoms with Crippen LogP contribution in [0.4, 0.5) is 5.69 Å². The highest BCUT2D eigenvalue weighted by molar-refractivity contribution is 7.92. The maximum Gasteiger partial charge on any atom is 0.243 e. The number of amides is 2. The van der Waals surface area contributed by atoms with Crippen LogP contribution in [-0.4, -0.2) is 49.5 Å². The average Bonchev–Trinajstić information content (AvgIpc) is 2.77. The summed E-state index contributed by atoms with van der Waals surface area (Å²) in [6, 6.07) is 12.0. The zero-order chi connectivity index (χ0) is 28.0. The first-order chi connectivity index (χ1) is 17.1. The number of carbonyl (C=O) groups excluding carboxylic acids is 2. The lowest BCUT2D eigenvalue weighted by atomic mass is 10.0. The average molecular weight is 550 g/mol. The normalized spacial score (nSPS) is 12.6. The molecule has 2 aromatic rings. The molecule has 0 aromatic heterocycles. The summed E-state index contributed by atoms with van der Waals surface area (Å²) in [4.78, 5) is 28.2. The van der Waals surface area contributed by atoms with Crippen LogP contribution < -0.4 is 9.62 Å². The lowest BCUT2D eigenvalue weighted by Gasteiger charge is -2.33. The second-order valence-corrected chi connectivity index (χ2v) is 12.9. The van der Waals surface area contributed by atoms with Crippen LogP contribution in [0.5, 0.6) is 0 Å². The van der Waals surface area contributed by atoms with Gasteiger partial charge >= 0.3 is 0 Å². The number of hydrogen-bond acceptors (Lipinski definition) is 4. The van der Waals surface area contributed by atoms with E-state index >= 15 is 0 Å². The summed E-state index contributed by atoms with van der Waals surface area (Å²) in [6.45, 7) is 11.9. The minimum atomic E-state index is -3.54. The van der Waals surface area contributed by atoms with Crippen molar-refractivity contribution < 1.29 is 18.0 Å². The van der Waals surface area contributed by atoms with Crippen molar-refractivity contribution in [3.63, 3.8) is 0 Å². The molecule has 0 fully saturated rings. The van der Waals surface area contributed by atoms with Gasteiger partial charge in [-0.2, -0.15) is 0 Å². The lowest BCUT2D eigenvalue weighted by molar-refractivity contribution is -0.142. The van der Waals surface area contributed by atoms with Crippen LogP contribution >= 0.6 is 11.6 Å². The van der Waals surface area contributed by atoms with Crippen molar-refractivity contribution in [1.29, 1.82) is 0 Å². The number of halogens is 1. The molecule has 2 rings (SSSR count). The number of carbonyl (C=O) groups is 2. The third-order valence-electron chi connectivity index (χ3n) is 6.08. The smallest absolute Gasteiger partial charge is 0.243 e. The largest absolute Gasteiger partial charge is 0.350 e. The number of nitrogens with zero attached hydrogens (tertiary/aromatic N) is 2. The summed E-state index contributed by atoms with van der Waals surface area (Å²) in [7, 11) is -3.54. The number of anilines is 1. The van der Waals surface area contributed by atoms with E-state index in [1.165, 1.54) is 10.6 Å². The first-order valence-electron chi connectivity index (χ1n) is 12.5. The fraction of sp³-hybridized carbons (Fsp3) is 0.500. The number of nitrogens with one attached hydrogen (secondary N) is 1. The first kappa shape index (κ1) is 30.6. The van der Waals surface area contributed by atoms with Gasteiger partial charge in [-0.3, -0.25) is 13.9 Å². The van der Waals surface area contributed by atoms with E-state index in [0.29, 0.717) is 23.6 Å². The monoisotopic (exact) mass is 549 g/mol. The third-order valence-corrected chi connectivity index (χ3v) is 7.53. The predicted octanol–water partition coefficient (Wildman–Crippen LogP) is 5.23. The Bertz CT molecular complexity index is 1190. The van der Waals surface area contributed by atoms with Gasteiger partial charge in [0.2, 0.25) is 21.8 Å². The lowest BCUT2D eigenvalue weighted by Crippen LogP contribution is -2.53. The van der Waals surface area contributed by atoms with E-state index in [1.54, 1.807) is 23.1 Å².